The maximum Gasteiger partial charge on any atom is 0.129 e. The molecule has 3 heterocycles. The first kappa shape index (κ1) is 14.3. The standard InChI is InChI=1S/C16H22N4O/c1-11-7-15(19-12(2)14(11)8-17)20-6-4-16(21)3-5-18-9-13(16)10-20/h7,13,18,21H,3-6,9-10H2,1-2H3/t13-,16-/m0/s1. The summed E-state index contributed by atoms with van der Waals surface area (Å²) < 4.78 is 0. The highest BCUT2D eigenvalue weighted by molar-refractivity contribution is 5.50. The third kappa shape index (κ3) is 2.50. The molecule has 2 saturated heterocycles. The fourth-order valence-electron chi connectivity index (χ4n) is 3.58. The number of fused-ring (bicyclic) bond motifs is 1. The molecule has 21 heavy (non-hydrogen) atoms. The van der Waals surface area contributed by atoms with Gasteiger partial charge in [0.15, 0.2) is 0 Å². The fraction of sp³-hybridized carbons (Fsp3) is 0.625. The van der Waals surface area contributed by atoms with Crippen molar-refractivity contribution >= 4 is 5.82 Å². The van der Waals surface area contributed by atoms with E-state index in [1.54, 1.807) is 0 Å². The van der Waals surface area contributed by atoms with Crippen LogP contribution in [0.5, 0.6) is 0 Å². The molecule has 0 aromatic carbocycles. The number of pyridine rings is 1. The Morgan fingerprint density at radius 2 is 2.29 bits per heavy atom. The molecule has 1 aromatic rings. The smallest absolute Gasteiger partial charge is 0.129 e. The third-order valence-corrected chi connectivity index (χ3v) is 4.96. The molecule has 2 aliphatic heterocycles. The number of hydrogen-bond donors (Lipinski definition) is 2. The second kappa shape index (κ2) is 5.28. The largest absolute Gasteiger partial charge is 0.389 e. The summed E-state index contributed by atoms with van der Waals surface area (Å²) in [6, 6.07) is 4.21. The molecule has 0 radical (unpaired) electrons. The Balaban J connectivity index is 1.84. The van der Waals surface area contributed by atoms with E-state index >= 15 is 0 Å². The summed E-state index contributed by atoms with van der Waals surface area (Å²) in [4.78, 5) is 6.83. The lowest BCUT2D eigenvalue weighted by atomic mass is 9.76. The molecule has 2 atom stereocenters. The minimum absolute atomic E-state index is 0.248. The van der Waals surface area contributed by atoms with Gasteiger partial charge in [0, 0.05) is 25.6 Å². The molecule has 1 aromatic heterocycles. The summed E-state index contributed by atoms with van der Waals surface area (Å²) in [7, 11) is 0. The van der Waals surface area contributed by atoms with E-state index in [-0.39, 0.29) is 5.92 Å². The number of anilines is 1. The van der Waals surface area contributed by atoms with E-state index < -0.39 is 5.60 Å². The maximum atomic E-state index is 10.7. The van der Waals surface area contributed by atoms with Crippen LogP contribution in [0.25, 0.3) is 0 Å². The van der Waals surface area contributed by atoms with E-state index in [2.05, 4.69) is 21.3 Å². The van der Waals surface area contributed by atoms with Crippen LogP contribution in [-0.4, -0.2) is 41.9 Å². The van der Waals surface area contributed by atoms with Crippen LogP contribution in [0.1, 0.15) is 29.7 Å². The molecule has 0 amide bonds. The molecular weight excluding hydrogens is 264 g/mol. The van der Waals surface area contributed by atoms with Crippen molar-refractivity contribution in [3.8, 4) is 6.07 Å². The Bertz CT molecular complexity index is 571. The summed E-state index contributed by atoms with van der Waals surface area (Å²) in [5.74, 6) is 1.18. The lowest BCUT2D eigenvalue weighted by Crippen LogP contribution is -2.59. The average Bonchev–Trinajstić information content (AvgIpc) is 2.46. The summed E-state index contributed by atoms with van der Waals surface area (Å²) in [6.07, 6.45) is 1.63. The van der Waals surface area contributed by atoms with Crippen LogP contribution in [-0.2, 0) is 0 Å². The quantitative estimate of drug-likeness (QED) is 0.809. The van der Waals surface area contributed by atoms with Crippen molar-refractivity contribution in [1.82, 2.24) is 10.3 Å². The second-order valence-corrected chi connectivity index (χ2v) is 6.32. The predicted octanol–water partition coefficient (Wildman–Crippen LogP) is 1.12. The highest BCUT2D eigenvalue weighted by Gasteiger charge is 2.43. The number of aryl methyl sites for hydroxylation is 2. The van der Waals surface area contributed by atoms with Gasteiger partial charge in [-0.1, -0.05) is 0 Å². The first-order valence-corrected chi connectivity index (χ1v) is 7.60. The van der Waals surface area contributed by atoms with Crippen LogP contribution < -0.4 is 10.2 Å². The highest BCUT2D eigenvalue weighted by atomic mass is 16.3. The van der Waals surface area contributed by atoms with Crippen LogP contribution >= 0.6 is 0 Å². The second-order valence-electron chi connectivity index (χ2n) is 6.32. The molecule has 0 spiro atoms. The van der Waals surface area contributed by atoms with Crippen LogP contribution in [0.15, 0.2) is 6.07 Å². The van der Waals surface area contributed by atoms with Crippen molar-refractivity contribution in [2.24, 2.45) is 5.92 Å². The van der Waals surface area contributed by atoms with Gasteiger partial charge in [-0.15, -0.1) is 0 Å². The predicted molar refractivity (Wildman–Crippen MR) is 81.2 cm³/mol. The molecular formula is C16H22N4O. The summed E-state index contributed by atoms with van der Waals surface area (Å²) >= 11 is 0. The number of nitriles is 1. The van der Waals surface area contributed by atoms with Crippen LogP contribution in [0.3, 0.4) is 0 Å². The summed E-state index contributed by atoms with van der Waals surface area (Å²) in [5, 5.41) is 23.2. The minimum atomic E-state index is -0.515. The number of aromatic nitrogens is 1. The van der Waals surface area contributed by atoms with Crippen molar-refractivity contribution in [2.45, 2.75) is 32.3 Å². The summed E-state index contributed by atoms with van der Waals surface area (Å²) in [6.45, 7) is 7.25. The van der Waals surface area contributed by atoms with Crippen molar-refractivity contribution in [3.63, 3.8) is 0 Å². The lowest BCUT2D eigenvalue weighted by molar-refractivity contribution is -0.0539. The number of rotatable bonds is 1. The Labute approximate surface area is 125 Å². The minimum Gasteiger partial charge on any atom is -0.389 e. The van der Waals surface area contributed by atoms with Gasteiger partial charge in [-0.2, -0.15) is 5.26 Å². The van der Waals surface area contributed by atoms with E-state index in [9.17, 15) is 5.11 Å². The van der Waals surface area contributed by atoms with Gasteiger partial charge in [0.1, 0.15) is 11.9 Å². The van der Waals surface area contributed by atoms with Crippen molar-refractivity contribution in [3.05, 3.63) is 22.9 Å². The van der Waals surface area contributed by atoms with Crippen molar-refractivity contribution in [2.75, 3.05) is 31.1 Å². The third-order valence-electron chi connectivity index (χ3n) is 4.96. The molecule has 5 nitrogen and oxygen atoms in total. The lowest BCUT2D eigenvalue weighted by Gasteiger charge is -2.48. The van der Waals surface area contributed by atoms with Crippen LogP contribution in [0.4, 0.5) is 5.82 Å². The molecule has 2 fully saturated rings. The highest BCUT2D eigenvalue weighted by Crippen LogP contribution is 2.34. The Kier molecular flexibility index (Phi) is 3.60. The van der Waals surface area contributed by atoms with Gasteiger partial charge in [-0.3, -0.25) is 0 Å². The van der Waals surface area contributed by atoms with E-state index in [1.165, 1.54) is 0 Å². The average molecular weight is 286 g/mol. The van der Waals surface area contributed by atoms with E-state index in [1.807, 2.05) is 19.9 Å². The molecule has 0 saturated carbocycles. The van der Waals surface area contributed by atoms with Gasteiger partial charge in [0.2, 0.25) is 0 Å². The topological polar surface area (TPSA) is 72.2 Å². The van der Waals surface area contributed by atoms with E-state index in [4.69, 9.17) is 5.26 Å². The molecule has 112 valence electrons. The van der Waals surface area contributed by atoms with Crippen molar-refractivity contribution in [1.29, 1.82) is 5.26 Å². The molecule has 0 bridgehead atoms. The monoisotopic (exact) mass is 286 g/mol. The van der Waals surface area contributed by atoms with Gasteiger partial charge in [-0.05, 0) is 44.9 Å². The number of piperidine rings is 2. The number of nitrogens with zero attached hydrogens (tertiary/aromatic N) is 3. The first-order valence-electron chi connectivity index (χ1n) is 7.60. The molecule has 2 N–H and O–H groups in total. The zero-order valence-corrected chi connectivity index (χ0v) is 12.7. The molecule has 3 rings (SSSR count). The maximum absolute atomic E-state index is 10.7. The Morgan fingerprint density at radius 1 is 1.48 bits per heavy atom. The van der Waals surface area contributed by atoms with Gasteiger partial charge in [-0.25, -0.2) is 4.98 Å². The normalized spacial score (nSPS) is 28.9. The molecule has 0 unspecified atom stereocenters. The van der Waals surface area contributed by atoms with Crippen LogP contribution in [0.2, 0.25) is 0 Å². The number of nitrogens with one attached hydrogen (secondary N) is 1. The fourth-order valence-corrected chi connectivity index (χ4v) is 3.58. The molecule has 2 aliphatic rings. The summed E-state index contributed by atoms with van der Waals surface area (Å²) in [5.41, 5.74) is 1.92. The SMILES string of the molecule is Cc1cc(N2CC[C@@]3(O)CCNC[C@H]3C2)nc(C)c1C#N. The first-order chi connectivity index (χ1) is 10.0. The van der Waals surface area contributed by atoms with Gasteiger partial charge in [0.05, 0.1) is 16.9 Å². The zero-order chi connectivity index (χ0) is 15.0. The van der Waals surface area contributed by atoms with Gasteiger partial charge in [0.25, 0.3) is 0 Å². The number of hydrogen-bond acceptors (Lipinski definition) is 5. The zero-order valence-electron chi connectivity index (χ0n) is 12.7. The number of aliphatic hydroxyl groups is 1. The Hall–Kier alpha value is -1.64. The van der Waals surface area contributed by atoms with Gasteiger partial charge < -0.3 is 15.3 Å². The molecule has 5 heteroatoms. The molecule has 0 aliphatic carbocycles. The van der Waals surface area contributed by atoms with E-state index in [0.717, 1.165) is 56.1 Å². The van der Waals surface area contributed by atoms with Gasteiger partial charge >= 0.3 is 0 Å². The van der Waals surface area contributed by atoms with Crippen LogP contribution in [0, 0.1) is 31.1 Å². The van der Waals surface area contributed by atoms with Crippen molar-refractivity contribution < 1.29 is 5.11 Å². The Morgan fingerprint density at radius 3 is 3.00 bits per heavy atom. The van der Waals surface area contributed by atoms with E-state index in [0.29, 0.717) is 5.56 Å².